The zero-order valence-electron chi connectivity index (χ0n) is 14.7. The standard InChI is InChI=1S/C19H14N4O4S/c1-11(17(24)21-14-5-2-12(9-20)3-6-14)28-19-23-22-18(27-19)13-4-7-15-16(8-13)26-10-25-15/h2-8,11H,10H2,1H3,(H,21,24)/t11-/m0/s1. The van der Waals surface area contributed by atoms with Gasteiger partial charge in [-0.15, -0.1) is 10.2 Å². The van der Waals surface area contributed by atoms with E-state index >= 15 is 0 Å². The summed E-state index contributed by atoms with van der Waals surface area (Å²) in [5, 5.41) is 19.5. The molecule has 1 aromatic heterocycles. The van der Waals surface area contributed by atoms with E-state index in [9.17, 15) is 4.79 Å². The summed E-state index contributed by atoms with van der Waals surface area (Å²) in [5.41, 5.74) is 1.85. The van der Waals surface area contributed by atoms with Gasteiger partial charge in [-0.2, -0.15) is 5.26 Å². The van der Waals surface area contributed by atoms with E-state index in [2.05, 4.69) is 15.5 Å². The molecule has 0 saturated carbocycles. The van der Waals surface area contributed by atoms with Gasteiger partial charge in [-0.05, 0) is 49.4 Å². The van der Waals surface area contributed by atoms with Crippen LogP contribution in [0, 0.1) is 11.3 Å². The van der Waals surface area contributed by atoms with E-state index in [4.69, 9.17) is 19.2 Å². The van der Waals surface area contributed by atoms with E-state index in [0.717, 1.165) is 11.8 Å². The third kappa shape index (κ3) is 3.77. The summed E-state index contributed by atoms with van der Waals surface area (Å²) < 4.78 is 16.3. The lowest BCUT2D eigenvalue weighted by Crippen LogP contribution is -2.22. The molecule has 3 aromatic rings. The molecule has 2 aromatic carbocycles. The molecule has 0 spiro atoms. The van der Waals surface area contributed by atoms with Crippen LogP contribution < -0.4 is 14.8 Å². The summed E-state index contributed by atoms with van der Waals surface area (Å²) in [6.45, 7) is 1.93. The zero-order valence-corrected chi connectivity index (χ0v) is 15.5. The van der Waals surface area contributed by atoms with Crippen LogP contribution in [-0.4, -0.2) is 28.1 Å². The zero-order chi connectivity index (χ0) is 19.5. The van der Waals surface area contributed by atoms with Crippen LogP contribution in [0.4, 0.5) is 5.69 Å². The van der Waals surface area contributed by atoms with Gasteiger partial charge in [-0.1, -0.05) is 11.8 Å². The number of hydrogen-bond donors (Lipinski definition) is 1. The average molecular weight is 394 g/mol. The second-order valence-electron chi connectivity index (χ2n) is 5.88. The Balaban J connectivity index is 1.40. The molecular weight excluding hydrogens is 380 g/mol. The topological polar surface area (TPSA) is 110 Å². The molecule has 0 bridgehead atoms. The summed E-state index contributed by atoms with van der Waals surface area (Å²) in [6.07, 6.45) is 0. The fraction of sp³-hybridized carbons (Fsp3) is 0.158. The van der Waals surface area contributed by atoms with E-state index in [1.54, 1.807) is 49.4 Å². The Bertz CT molecular complexity index is 1060. The SMILES string of the molecule is C[C@H](Sc1nnc(-c2ccc3c(c2)OCO3)o1)C(=O)Nc1ccc(C#N)cc1. The van der Waals surface area contributed by atoms with Gasteiger partial charge in [0.1, 0.15) is 0 Å². The molecule has 1 aliphatic heterocycles. The molecule has 140 valence electrons. The molecule has 8 nitrogen and oxygen atoms in total. The van der Waals surface area contributed by atoms with Crippen molar-refractivity contribution >= 4 is 23.4 Å². The molecule has 0 aliphatic carbocycles. The van der Waals surface area contributed by atoms with E-state index in [1.807, 2.05) is 6.07 Å². The molecule has 0 saturated heterocycles. The molecule has 1 amide bonds. The van der Waals surface area contributed by atoms with Crippen molar-refractivity contribution in [1.29, 1.82) is 5.26 Å². The Kier molecular flexibility index (Phi) is 4.87. The van der Waals surface area contributed by atoms with E-state index in [0.29, 0.717) is 34.2 Å². The number of fused-ring (bicyclic) bond motifs is 1. The van der Waals surface area contributed by atoms with Gasteiger partial charge in [-0.3, -0.25) is 4.79 Å². The van der Waals surface area contributed by atoms with Crippen LogP contribution >= 0.6 is 11.8 Å². The lowest BCUT2D eigenvalue weighted by atomic mass is 10.2. The van der Waals surface area contributed by atoms with Crippen LogP contribution in [0.15, 0.2) is 52.1 Å². The van der Waals surface area contributed by atoms with Crippen LogP contribution in [-0.2, 0) is 4.79 Å². The van der Waals surface area contributed by atoms with Gasteiger partial charge in [0, 0.05) is 11.3 Å². The minimum Gasteiger partial charge on any atom is -0.454 e. The lowest BCUT2D eigenvalue weighted by Gasteiger charge is -2.09. The van der Waals surface area contributed by atoms with Gasteiger partial charge in [0.15, 0.2) is 11.5 Å². The summed E-state index contributed by atoms with van der Waals surface area (Å²) >= 11 is 1.16. The number of benzene rings is 2. The second-order valence-corrected chi connectivity index (χ2v) is 7.17. The van der Waals surface area contributed by atoms with Crippen molar-refractivity contribution in [3.8, 4) is 29.0 Å². The third-order valence-electron chi connectivity index (χ3n) is 3.95. The van der Waals surface area contributed by atoms with Crippen molar-refractivity contribution in [3.63, 3.8) is 0 Å². The van der Waals surface area contributed by atoms with Gasteiger partial charge in [0.25, 0.3) is 5.22 Å². The highest BCUT2D eigenvalue weighted by atomic mass is 32.2. The highest BCUT2D eigenvalue weighted by molar-refractivity contribution is 8.00. The van der Waals surface area contributed by atoms with Crippen LogP contribution in [0.3, 0.4) is 0 Å². The highest BCUT2D eigenvalue weighted by Gasteiger charge is 2.20. The molecule has 9 heteroatoms. The average Bonchev–Trinajstić information content (AvgIpc) is 3.37. The molecule has 0 radical (unpaired) electrons. The van der Waals surface area contributed by atoms with Crippen LogP contribution in [0.1, 0.15) is 12.5 Å². The van der Waals surface area contributed by atoms with Crippen molar-refractivity contribution in [2.45, 2.75) is 17.4 Å². The van der Waals surface area contributed by atoms with Gasteiger partial charge in [-0.25, -0.2) is 0 Å². The van der Waals surface area contributed by atoms with Gasteiger partial charge < -0.3 is 19.2 Å². The predicted octanol–water partition coefficient (Wildman–Crippen LogP) is 3.46. The number of thioether (sulfide) groups is 1. The first-order chi connectivity index (χ1) is 13.6. The minimum absolute atomic E-state index is 0.190. The maximum Gasteiger partial charge on any atom is 0.277 e. The number of nitriles is 1. The van der Waals surface area contributed by atoms with Crippen molar-refractivity contribution in [1.82, 2.24) is 10.2 Å². The number of aromatic nitrogens is 2. The number of ether oxygens (including phenoxy) is 2. The van der Waals surface area contributed by atoms with Crippen LogP contribution in [0.5, 0.6) is 11.5 Å². The lowest BCUT2D eigenvalue weighted by molar-refractivity contribution is -0.115. The number of anilines is 1. The largest absolute Gasteiger partial charge is 0.454 e. The fourth-order valence-corrected chi connectivity index (χ4v) is 3.16. The molecule has 28 heavy (non-hydrogen) atoms. The summed E-state index contributed by atoms with van der Waals surface area (Å²) in [6, 6.07) is 14.0. The Labute approximate surface area is 164 Å². The van der Waals surface area contributed by atoms with Crippen molar-refractivity contribution in [3.05, 3.63) is 48.0 Å². The Morgan fingerprint density at radius 3 is 2.75 bits per heavy atom. The number of amides is 1. The molecular formula is C19H14N4O4S. The molecule has 2 heterocycles. The molecule has 0 fully saturated rings. The fourth-order valence-electron chi connectivity index (χ4n) is 2.48. The third-order valence-corrected chi connectivity index (χ3v) is 4.89. The van der Waals surface area contributed by atoms with E-state index < -0.39 is 5.25 Å². The Morgan fingerprint density at radius 1 is 1.18 bits per heavy atom. The van der Waals surface area contributed by atoms with E-state index in [1.165, 1.54) is 0 Å². The van der Waals surface area contributed by atoms with Crippen LogP contribution in [0.2, 0.25) is 0 Å². The van der Waals surface area contributed by atoms with Crippen molar-refractivity contribution in [2.24, 2.45) is 0 Å². The van der Waals surface area contributed by atoms with Crippen molar-refractivity contribution in [2.75, 3.05) is 12.1 Å². The van der Waals surface area contributed by atoms with Gasteiger partial charge >= 0.3 is 0 Å². The number of hydrogen-bond acceptors (Lipinski definition) is 8. The molecule has 4 rings (SSSR count). The molecule has 0 unspecified atom stereocenters. The molecule has 1 N–H and O–H groups in total. The quantitative estimate of drug-likeness (QED) is 0.655. The van der Waals surface area contributed by atoms with Crippen LogP contribution in [0.25, 0.3) is 11.5 Å². The normalized spacial score (nSPS) is 13.0. The maximum absolute atomic E-state index is 12.4. The predicted molar refractivity (Wildman–Crippen MR) is 101 cm³/mol. The number of nitrogens with zero attached hydrogens (tertiary/aromatic N) is 3. The summed E-state index contributed by atoms with van der Waals surface area (Å²) in [4.78, 5) is 12.4. The number of nitrogens with one attached hydrogen (secondary N) is 1. The first-order valence-corrected chi connectivity index (χ1v) is 9.21. The monoisotopic (exact) mass is 394 g/mol. The van der Waals surface area contributed by atoms with Gasteiger partial charge in [0.2, 0.25) is 18.6 Å². The summed E-state index contributed by atoms with van der Waals surface area (Å²) in [7, 11) is 0. The maximum atomic E-state index is 12.4. The number of carbonyl (C=O) groups is 1. The first-order valence-electron chi connectivity index (χ1n) is 8.33. The number of rotatable bonds is 5. The highest BCUT2D eigenvalue weighted by Crippen LogP contribution is 2.36. The van der Waals surface area contributed by atoms with E-state index in [-0.39, 0.29) is 17.9 Å². The first kappa shape index (κ1) is 17.9. The Hall–Kier alpha value is -3.51. The smallest absolute Gasteiger partial charge is 0.277 e. The number of carbonyl (C=O) groups excluding carboxylic acids is 1. The second kappa shape index (κ2) is 7.62. The molecule has 1 atom stereocenters. The Morgan fingerprint density at radius 2 is 1.96 bits per heavy atom. The molecule has 1 aliphatic rings. The van der Waals surface area contributed by atoms with Gasteiger partial charge in [0.05, 0.1) is 16.9 Å². The summed E-state index contributed by atoms with van der Waals surface area (Å²) in [5.74, 6) is 1.42. The van der Waals surface area contributed by atoms with Crippen molar-refractivity contribution < 1.29 is 18.7 Å². The minimum atomic E-state index is -0.458.